The Bertz CT molecular complexity index is 769. The Morgan fingerprint density at radius 2 is 2.15 bits per heavy atom. The van der Waals surface area contributed by atoms with Gasteiger partial charge in [-0.1, -0.05) is 5.16 Å². The minimum Gasteiger partial charge on any atom is -0.469 e. The molecule has 2 aliphatic rings. The summed E-state index contributed by atoms with van der Waals surface area (Å²) in [4.78, 5) is 19.3. The van der Waals surface area contributed by atoms with E-state index in [1.165, 1.54) is 0 Å². The van der Waals surface area contributed by atoms with Crippen LogP contribution in [0.3, 0.4) is 0 Å². The van der Waals surface area contributed by atoms with Crippen molar-refractivity contribution in [1.82, 2.24) is 15.0 Å². The summed E-state index contributed by atoms with van der Waals surface area (Å²) in [5.41, 5.74) is 0.458. The van der Waals surface area contributed by atoms with Gasteiger partial charge in [0.05, 0.1) is 11.8 Å². The summed E-state index contributed by atoms with van der Waals surface area (Å²) in [6, 6.07) is 1.74. The predicted molar refractivity (Wildman–Crippen MR) is 93.0 cm³/mol. The Labute approximate surface area is 152 Å². The van der Waals surface area contributed by atoms with Gasteiger partial charge in [0, 0.05) is 38.1 Å². The number of aromatic nitrogens is 2. The number of furan rings is 1. The quantitative estimate of drug-likeness (QED) is 0.788. The number of likely N-dealkylation sites (tertiary alicyclic amines) is 1. The number of carbonyl (C=O) groups is 1. The predicted octanol–water partition coefficient (Wildman–Crippen LogP) is 3.06. The molecule has 4 rings (SSSR count). The fourth-order valence-electron chi connectivity index (χ4n) is 3.74. The van der Waals surface area contributed by atoms with Crippen LogP contribution < -0.4 is 0 Å². The fraction of sp³-hybridized carbons (Fsp3) is 0.632. The zero-order chi connectivity index (χ0) is 18.1. The van der Waals surface area contributed by atoms with E-state index in [0.29, 0.717) is 36.9 Å². The first-order valence-corrected chi connectivity index (χ1v) is 9.29. The molecule has 1 saturated heterocycles. The number of ether oxygens (including phenoxy) is 1. The first-order valence-electron chi connectivity index (χ1n) is 9.29. The molecule has 3 heterocycles. The summed E-state index contributed by atoms with van der Waals surface area (Å²) in [5.74, 6) is 2.69. The number of methoxy groups -OCH3 is 1. The van der Waals surface area contributed by atoms with E-state index < -0.39 is 0 Å². The van der Waals surface area contributed by atoms with Crippen molar-refractivity contribution in [3.8, 4) is 0 Å². The molecule has 1 aliphatic heterocycles. The molecule has 2 aromatic heterocycles. The van der Waals surface area contributed by atoms with Gasteiger partial charge in [0.25, 0.3) is 5.91 Å². The van der Waals surface area contributed by atoms with Crippen LogP contribution in [0.25, 0.3) is 0 Å². The second-order valence-electron chi connectivity index (χ2n) is 7.44. The van der Waals surface area contributed by atoms with Crippen molar-refractivity contribution in [3.63, 3.8) is 0 Å². The Kier molecular flexibility index (Phi) is 4.56. The number of nitrogens with zero attached hydrogens (tertiary/aromatic N) is 3. The van der Waals surface area contributed by atoms with Gasteiger partial charge >= 0.3 is 0 Å². The van der Waals surface area contributed by atoms with Crippen molar-refractivity contribution in [1.29, 1.82) is 0 Å². The Morgan fingerprint density at radius 1 is 1.38 bits per heavy atom. The lowest BCUT2D eigenvalue weighted by molar-refractivity contribution is 0.0614. The van der Waals surface area contributed by atoms with Gasteiger partial charge in [0.1, 0.15) is 5.76 Å². The zero-order valence-electron chi connectivity index (χ0n) is 15.4. The minimum atomic E-state index is -0.186. The Hall–Kier alpha value is -2.15. The number of aryl methyl sites for hydroxylation is 1. The number of hydrogen-bond acceptors (Lipinski definition) is 6. The van der Waals surface area contributed by atoms with Gasteiger partial charge < -0.3 is 18.6 Å². The number of rotatable bonds is 6. The summed E-state index contributed by atoms with van der Waals surface area (Å²) >= 11 is 0. The third-order valence-corrected chi connectivity index (χ3v) is 5.72. The molecule has 26 heavy (non-hydrogen) atoms. The van der Waals surface area contributed by atoms with Crippen molar-refractivity contribution in [3.05, 3.63) is 35.4 Å². The van der Waals surface area contributed by atoms with Crippen LogP contribution in [-0.4, -0.2) is 47.8 Å². The molecule has 0 aromatic carbocycles. The third kappa shape index (κ3) is 3.16. The molecule has 2 fully saturated rings. The third-order valence-electron chi connectivity index (χ3n) is 5.72. The van der Waals surface area contributed by atoms with Crippen molar-refractivity contribution in [2.24, 2.45) is 0 Å². The monoisotopic (exact) mass is 359 g/mol. The van der Waals surface area contributed by atoms with Crippen molar-refractivity contribution >= 4 is 5.91 Å². The second-order valence-corrected chi connectivity index (χ2v) is 7.44. The first kappa shape index (κ1) is 17.3. The molecule has 140 valence electrons. The zero-order valence-corrected chi connectivity index (χ0v) is 15.4. The van der Waals surface area contributed by atoms with Gasteiger partial charge in [0.15, 0.2) is 5.82 Å². The highest BCUT2D eigenvalue weighted by Gasteiger charge is 2.42. The van der Waals surface area contributed by atoms with Crippen molar-refractivity contribution in [2.75, 3.05) is 26.8 Å². The van der Waals surface area contributed by atoms with Crippen LogP contribution in [0.2, 0.25) is 0 Å². The van der Waals surface area contributed by atoms with E-state index in [4.69, 9.17) is 18.7 Å². The highest BCUT2D eigenvalue weighted by Crippen LogP contribution is 2.42. The Balaban J connectivity index is 1.50. The molecule has 1 amide bonds. The van der Waals surface area contributed by atoms with Gasteiger partial charge in [-0.15, -0.1) is 0 Å². The van der Waals surface area contributed by atoms with Crippen LogP contribution in [0.1, 0.15) is 65.9 Å². The average molecular weight is 359 g/mol. The van der Waals surface area contributed by atoms with Gasteiger partial charge in [-0.2, -0.15) is 4.98 Å². The molecular weight excluding hydrogens is 334 g/mol. The molecule has 0 bridgehead atoms. The molecule has 1 saturated carbocycles. The number of hydrogen-bond donors (Lipinski definition) is 0. The lowest BCUT2D eigenvalue weighted by atomic mass is 9.75. The second kappa shape index (κ2) is 6.87. The van der Waals surface area contributed by atoms with E-state index in [2.05, 4.69) is 5.16 Å². The maximum atomic E-state index is 12.7. The summed E-state index contributed by atoms with van der Waals surface area (Å²) in [5, 5.41) is 4.30. The fourth-order valence-corrected chi connectivity index (χ4v) is 3.74. The molecule has 0 unspecified atom stereocenters. The highest BCUT2D eigenvalue weighted by atomic mass is 16.5. The Morgan fingerprint density at radius 3 is 2.77 bits per heavy atom. The van der Waals surface area contributed by atoms with E-state index in [-0.39, 0.29) is 11.3 Å². The molecule has 0 radical (unpaired) electrons. The van der Waals surface area contributed by atoms with Crippen molar-refractivity contribution in [2.45, 2.75) is 50.4 Å². The van der Waals surface area contributed by atoms with Gasteiger partial charge in [0.2, 0.25) is 5.89 Å². The van der Waals surface area contributed by atoms with Crippen LogP contribution in [-0.2, 0) is 10.2 Å². The number of amides is 1. The van der Waals surface area contributed by atoms with Gasteiger partial charge in [-0.05, 0) is 45.1 Å². The van der Waals surface area contributed by atoms with Crippen LogP contribution in [0, 0.1) is 6.92 Å². The van der Waals surface area contributed by atoms with Gasteiger partial charge in [-0.3, -0.25) is 4.79 Å². The number of piperidine rings is 1. The summed E-state index contributed by atoms with van der Waals surface area (Å²) < 4.78 is 16.1. The van der Waals surface area contributed by atoms with Crippen LogP contribution >= 0.6 is 0 Å². The van der Waals surface area contributed by atoms with Crippen molar-refractivity contribution < 1.29 is 18.5 Å². The molecule has 2 aromatic rings. The molecule has 0 atom stereocenters. The molecule has 0 spiro atoms. The standard InChI is InChI=1S/C19H25N3O4/c1-13-15(5-11-25-13)17(23)22-9-6-19(7-10-22,8-12-24-2)18-20-16(26-21-18)14-3-4-14/h5,11,14H,3-4,6-10,12H2,1-2H3. The summed E-state index contributed by atoms with van der Waals surface area (Å²) in [6.07, 6.45) is 6.29. The van der Waals surface area contributed by atoms with Crippen LogP contribution in [0.5, 0.6) is 0 Å². The van der Waals surface area contributed by atoms with E-state index >= 15 is 0 Å². The summed E-state index contributed by atoms with van der Waals surface area (Å²) in [7, 11) is 1.71. The SMILES string of the molecule is COCCC1(c2noc(C3CC3)n2)CCN(C(=O)c2ccoc2C)CC1. The number of carbonyl (C=O) groups excluding carboxylic acids is 1. The molecule has 7 heteroatoms. The summed E-state index contributed by atoms with van der Waals surface area (Å²) in [6.45, 7) is 3.79. The van der Waals surface area contributed by atoms with E-state index in [1.807, 2.05) is 11.8 Å². The van der Waals surface area contributed by atoms with Crippen LogP contribution in [0.15, 0.2) is 21.3 Å². The largest absolute Gasteiger partial charge is 0.469 e. The van der Waals surface area contributed by atoms with Crippen LogP contribution in [0.4, 0.5) is 0 Å². The average Bonchev–Trinajstić information content (AvgIpc) is 3.22. The van der Waals surface area contributed by atoms with Gasteiger partial charge in [-0.25, -0.2) is 0 Å². The minimum absolute atomic E-state index is 0.0309. The van der Waals surface area contributed by atoms with E-state index in [0.717, 1.165) is 43.8 Å². The molecular formula is C19H25N3O4. The van der Waals surface area contributed by atoms with E-state index in [9.17, 15) is 4.79 Å². The maximum absolute atomic E-state index is 12.7. The van der Waals surface area contributed by atoms with E-state index in [1.54, 1.807) is 19.4 Å². The first-order chi connectivity index (χ1) is 12.6. The highest BCUT2D eigenvalue weighted by molar-refractivity contribution is 5.95. The molecule has 0 N–H and O–H groups in total. The molecule has 7 nitrogen and oxygen atoms in total. The lowest BCUT2D eigenvalue weighted by Crippen LogP contribution is -2.46. The topological polar surface area (TPSA) is 81.6 Å². The lowest BCUT2D eigenvalue weighted by Gasteiger charge is -2.39. The normalized spacial score (nSPS) is 19.7. The smallest absolute Gasteiger partial charge is 0.257 e. The molecule has 1 aliphatic carbocycles. The maximum Gasteiger partial charge on any atom is 0.257 e.